The van der Waals surface area contributed by atoms with Crippen molar-refractivity contribution >= 4 is 24.0 Å². The summed E-state index contributed by atoms with van der Waals surface area (Å²) < 4.78 is 11.2. The van der Waals surface area contributed by atoms with E-state index >= 15 is 0 Å². The molecular formula is C27H24N6O6. The van der Waals surface area contributed by atoms with Crippen molar-refractivity contribution in [2.45, 2.75) is 0 Å². The molecule has 0 unspecified atom stereocenters. The van der Waals surface area contributed by atoms with Crippen LogP contribution >= 0.6 is 0 Å². The van der Waals surface area contributed by atoms with E-state index in [1.807, 2.05) is 0 Å². The molecule has 3 aromatic carbocycles. The Kier molecular flexibility index (Phi) is 8.17. The Bertz CT molecular complexity index is 1600. The lowest BCUT2D eigenvalue weighted by atomic mass is 10.2. The molecule has 4 N–H and O–H groups in total. The molecule has 198 valence electrons. The van der Waals surface area contributed by atoms with E-state index in [2.05, 4.69) is 26.2 Å². The number of amides is 1. The molecule has 1 aromatic heterocycles. The van der Waals surface area contributed by atoms with Gasteiger partial charge < -0.3 is 19.7 Å². The number of ether oxygens (including phenoxy) is 2. The van der Waals surface area contributed by atoms with Crippen LogP contribution in [0, 0.1) is 0 Å². The lowest BCUT2D eigenvalue weighted by Gasteiger charge is -2.11. The Morgan fingerprint density at radius 2 is 1.46 bits per heavy atom. The Labute approximate surface area is 222 Å². The lowest BCUT2D eigenvalue weighted by Crippen LogP contribution is -2.28. The van der Waals surface area contributed by atoms with Gasteiger partial charge >= 0.3 is 0 Å². The minimum atomic E-state index is -0.717. The first-order chi connectivity index (χ1) is 18.9. The number of hydrazone groups is 2. The minimum Gasteiger partial charge on any atom is -0.504 e. The third-order valence-electron chi connectivity index (χ3n) is 5.33. The SMILES string of the molecule is COc1cc(/C=N/NC(=O)c2nn(-c3ccccc3)c(=O)cc2N/N=C/c2ccc(O)c(OC)c2)ccc1O. The monoisotopic (exact) mass is 528 g/mol. The summed E-state index contributed by atoms with van der Waals surface area (Å²) in [5, 5.41) is 31.8. The number of nitrogens with one attached hydrogen (secondary N) is 2. The summed E-state index contributed by atoms with van der Waals surface area (Å²) in [4.78, 5) is 25.9. The third kappa shape index (κ3) is 6.38. The highest BCUT2D eigenvalue weighted by molar-refractivity contribution is 5.98. The Morgan fingerprint density at radius 1 is 0.872 bits per heavy atom. The smallest absolute Gasteiger partial charge is 0.294 e. The molecule has 0 aliphatic rings. The molecule has 4 aromatic rings. The number of aromatic nitrogens is 2. The van der Waals surface area contributed by atoms with Gasteiger partial charge in [-0.3, -0.25) is 15.0 Å². The highest BCUT2D eigenvalue weighted by atomic mass is 16.5. The second-order valence-corrected chi connectivity index (χ2v) is 7.92. The molecule has 12 nitrogen and oxygen atoms in total. The fraction of sp³-hybridized carbons (Fsp3) is 0.0741. The number of hydrogen-bond donors (Lipinski definition) is 4. The van der Waals surface area contributed by atoms with Crippen molar-refractivity contribution in [2.75, 3.05) is 19.6 Å². The number of hydrogen-bond acceptors (Lipinski definition) is 10. The van der Waals surface area contributed by atoms with Crippen LogP contribution in [0.5, 0.6) is 23.0 Å². The van der Waals surface area contributed by atoms with Crippen LogP contribution in [-0.2, 0) is 0 Å². The summed E-state index contributed by atoms with van der Waals surface area (Å²) in [6.45, 7) is 0. The van der Waals surface area contributed by atoms with Crippen molar-refractivity contribution in [2.24, 2.45) is 10.2 Å². The maximum Gasteiger partial charge on any atom is 0.294 e. The summed E-state index contributed by atoms with van der Waals surface area (Å²) in [5.74, 6) is -0.270. The van der Waals surface area contributed by atoms with Gasteiger partial charge in [0, 0.05) is 6.07 Å². The van der Waals surface area contributed by atoms with E-state index in [1.54, 1.807) is 54.6 Å². The summed E-state index contributed by atoms with van der Waals surface area (Å²) in [5.41, 5.74) is 6.04. The number of nitrogens with zero attached hydrogens (tertiary/aromatic N) is 4. The highest BCUT2D eigenvalue weighted by Crippen LogP contribution is 2.26. The summed E-state index contributed by atoms with van der Waals surface area (Å²) >= 11 is 0. The van der Waals surface area contributed by atoms with Gasteiger partial charge in [-0.15, -0.1) is 0 Å². The van der Waals surface area contributed by atoms with Crippen molar-refractivity contribution in [1.29, 1.82) is 0 Å². The molecule has 12 heteroatoms. The number of anilines is 1. The van der Waals surface area contributed by atoms with Crippen LogP contribution in [0.15, 0.2) is 87.8 Å². The van der Waals surface area contributed by atoms with Gasteiger partial charge in [-0.05, 0) is 59.7 Å². The standard InChI is InChI=1S/C27H24N6O6/c1-38-23-12-17(8-10-21(23)34)15-28-30-20-14-25(36)33(19-6-4-3-5-7-19)32-26(20)27(37)31-29-16-18-9-11-22(35)24(13-18)39-2/h3-16,30,34-35H,1-2H3,(H,31,37)/b28-15+,29-16+. The molecular weight excluding hydrogens is 504 g/mol. The quantitative estimate of drug-likeness (QED) is 0.191. The van der Waals surface area contributed by atoms with E-state index in [-0.39, 0.29) is 34.4 Å². The predicted molar refractivity (Wildman–Crippen MR) is 145 cm³/mol. The fourth-order valence-corrected chi connectivity index (χ4v) is 3.41. The molecule has 0 saturated carbocycles. The summed E-state index contributed by atoms with van der Waals surface area (Å²) in [6.07, 6.45) is 2.78. The molecule has 0 spiro atoms. The molecule has 1 amide bonds. The largest absolute Gasteiger partial charge is 0.504 e. The number of aromatic hydroxyl groups is 2. The predicted octanol–water partition coefficient (Wildman–Crippen LogP) is 2.87. The van der Waals surface area contributed by atoms with Gasteiger partial charge in [0.1, 0.15) is 0 Å². The van der Waals surface area contributed by atoms with Gasteiger partial charge in [0.2, 0.25) is 0 Å². The third-order valence-corrected chi connectivity index (χ3v) is 5.33. The molecule has 0 radical (unpaired) electrons. The maximum atomic E-state index is 13.1. The first kappa shape index (κ1) is 26.4. The van der Waals surface area contributed by atoms with Crippen molar-refractivity contribution in [3.63, 3.8) is 0 Å². The van der Waals surface area contributed by atoms with Gasteiger partial charge in [0.15, 0.2) is 28.7 Å². The molecule has 0 saturated heterocycles. The van der Waals surface area contributed by atoms with Crippen LogP contribution < -0.4 is 25.9 Å². The number of carbonyl (C=O) groups excluding carboxylic acids is 1. The topological polar surface area (TPSA) is 160 Å². The molecule has 1 heterocycles. The highest BCUT2D eigenvalue weighted by Gasteiger charge is 2.17. The second kappa shape index (κ2) is 12.1. The van der Waals surface area contributed by atoms with Crippen LogP contribution in [0.25, 0.3) is 5.69 Å². The number of phenolic OH excluding ortho intramolecular Hbond substituents is 2. The maximum absolute atomic E-state index is 13.1. The van der Waals surface area contributed by atoms with Crippen molar-refractivity contribution < 1.29 is 24.5 Å². The summed E-state index contributed by atoms with van der Waals surface area (Å²) in [7, 11) is 2.84. The van der Waals surface area contributed by atoms with Crippen LogP contribution in [0.2, 0.25) is 0 Å². The van der Waals surface area contributed by atoms with E-state index in [0.717, 1.165) is 4.68 Å². The van der Waals surface area contributed by atoms with Crippen LogP contribution in [0.4, 0.5) is 5.69 Å². The number of carbonyl (C=O) groups is 1. The number of phenols is 2. The molecule has 4 rings (SSSR count). The van der Waals surface area contributed by atoms with E-state index in [0.29, 0.717) is 16.8 Å². The minimum absolute atomic E-state index is 0.0263. The van der Waals surface area contributed by atoms with E-state index < -0.39 is 11.5 Å². The van der Waals surface area contributed by atoms with E-state index in [4.69, 9.17) is 9.47 Å². The summed E-state index contributed by atoms with van der Waals surface area (Å²) in [6, 6.07) is 19.0. The Hall–Kier alpha value is -5.65. The van der Waals surface area contributed by atoms with E-state index in [9.17, 15) is 19.8 Å². The van der Waals surface area contributed by atoms with Crippen LogP contribution in [0.1, 0.15) is 21.6 Å². The first-order valence-electron chi connectivity index (χ1n) is 11.5. The molecule has 0 fully saturated rings. The van der Waals surface area contributed by atoms with Gasteiger partial charge in [-0.25, -0.2) is 5.43 Å². The fourth-order valence-electron chi connectivity index (χ4n) is 3.41. The van der Waals surface area contributed by atoms with Crippen molar-refractivity contribution in [1.82, 2.24) is 15.2 Å². The number of rotatable bonds is 9. The van der Waals surface area contributed by atoms with Gasteiger partial charge in [0.05, 0.1) is 38.0 Å². The molecule has 0 bridgehead atoms. The number of para-hydroxylation sites is 1. The Balaban J connectivity index is 1.62. The lowest BCUT2D eigenvalue weighted by molar-refractivity contribution is 0.0949. The zero-order valence-corrected chi connectivity index (χ0v) is 20.9. The van der Waals surface area contributed by atoms with E-state index in [1.165, 1.54) is 44.8 Å². The Morgan fingerprint density at radius 3 is 2.05 bits per heavy atom. The zero-order valence-electron chi connectivity index (χ0n) is 20.9. The molecule has 0 atom stereocenters. The second-order valence-electron chi connectivity index (χ2n) is 7.92. The van der Waals surface area contributed by atoms with Crippen LogP contribution in [0.3, 0.4) is 0 Å². The van der Waals surface area contributed by atoms with Crippen LogP contribution in [-0.4, -0.2) is 52.5 Å². The number of methoxy groups -OCH3 is 2. The van der Waals surface area contributed by atoms with Gasteiger partial charge in [-0.1, -0.05) is 18.2 Å². The first-order valence-corrected chi connectivity index (χ1v) is 11.5. The molecule has 0 aliphatic carbocycles. The zero-order chi connectivity index (χ0) is 27.8. The van der Waals surface area contributed by atoms with Crippen molar-refractivity contribution in [3.05, 3.63) is 100.0 Å². The number of benzene rings is 3. The molecule has 39 heavy (non-hydrogen) atoms. The van der Waals surface area contributed by atoms with Gasteiger partial charge in [-0.2, -0.15) is 20.0 Å². The normalized spacial score (nSPS) is 11.0. The molecule has 0 aliphatic heterocycles. The average Bonchev–Trinajstić information content (AvgIpc) is 2.95. The van der Waals surface area contributed by atoms with Crippen molar-refractivity contribution in [3.8, 4) is 28.7 Å². The van der Waals surface area contributed by atoms with Gasteiger partial charge in [0.25, 0.3) is 11.5 Å². The average molecular weight is 529 g/mol.